The number of nitrogens with two attached hydrogens (primary N) is 1. The summed E-state index contributed by atoms with van der Waals surface area (Å²) in [6.07, 6.45) is 0. The van der Waals surface area contributed by atoms with Crippen LogP contribution in [0.5, 0.6) is 0 Å². The second-order valence-corrected chi connectivity index (χ2v) is 11.3. The number of aryl methyl sites for hydroxylation is 1. The third-order valence-electron chi connectivity index (χ3n) is 5.83. The van der Waals surface area contributed by atoms with Gasteiger partial charge >= 0.3 is 35.5 Å². The number of carbonyl (C=O) groups is 2. The van der Waals surface area contributed by atoms with Crippen LogP contribution in [-0.4, -0.2) is 83.3 Å². The maximum atomic E-state index is 13.3. The summed E-state index contributed by atoms with van der Waals surface area (Å²) in [6, 6.07) is 4.68. The largest absolute Gasteiger partial charge is 1.00 e. The topological polar surface area (TPSA) is 184 Å². The number of aliphatic imine (C=N–C) groups is 1. The third kappa shape index (κ3) is 6.29. The van der Waals surface area contributed by atoms with Gasteiger partial charge in [-0.05, 0) is 29.8 Å². The molecule has 2 atom stereocenters. The van der Waals surface area contributed by atoms with Crippen molar-refractivity contribution in [2.24, 2.45) is 17.2 Å². The monoisotopic (exact) mass is 626 g/mol. The molecule has 2 aromatic heterocycles. The number of carboxylic acids is 1. The summed E-state index contributed by atoms with van der Waals surface area (Å²) < 4.78 is 14.8. The quantitative estimate of drug-likeness (QED) is 0.0681. The van der Waals surface area contributed by atoms with E-state index < -0.39 is 29.2 Å². The summed E-state index contributed by atoms with van der Waals surface area (Å²) in [5, 5.41) is 32.4. The van der Waals surface area contributed by atoms with Gasteiger partial charge in [-0.1, -0.05) is 16.9 Å². The molecule has 2 aliphatic rings. The molecule has 1 aromatic carbocycles. The molecule has 5 rings (SSSR count). The Bertz CT molecular complexity index is 1580. The Labute approximate surface area is 267 Å². The smallest absolute Gasteiger partial charge is 0.857 e. The zero-order valence-electron chi connectivity index (χ0n) is 21.8. The molecule has 13 nitrogen and oxygen atoms in total. The van der Waals surface area contributed by atoms with Crippen molar-refractivity contribution in [1.82, 2.24) is 24.6 Å². The molecular weight excluding hydrogens is 606 g/mol. The molecule has 0 bridgehead atoms. The summed E-state index contributed by atoms with van der Waals surface area (Å²) >= 11 is 3.67. The molecule has 3 aromatic rings. The Balaban J connectivity index is 0.00000387. The third-order valence-corrected chi connectivity index (χ3v) is 8.93. The average Bonchev–Trinajstić information content (AvgIpc) is 3.53. The molecule has 1 saturated heterocycles. The minimum atomic E-state index is -1.26. The molecule has 18 heteroatoms. The number of fused-ring (bicyclic) bond motifs is 1. The fraction of sp³-hybridized carbons (Fsp3) is 0.261. The van der Waals surface area contributed by atoms with Gasteiger partial charge in [0.1, 0.15) is 35.4 Å². The zero-order valence-corrected chi connectivity index (χ0v) is 26.3. The van der Waals surface area contributed by atoms with Gasteiger partial charge in [0, 0.05) is 35.4 Å². The Hall–Kier alpha value is -2.96. The van der Waals surface area contributed by atoms with Gasteiger partial charge in [0.2, 0.25) is 0 Å². The van der Waals surface area contributed by atoms with E-state index in [0.717, 1.165) is 16.2 Å². The van der Waals surface area contributed by atoms with Gasteiger partial charge in [-0.2, -0.15) is 5.10 Å². The number of hydrogen-bond donors (Lipinski definition) is 2. The first-order chi connectivity index (χ1) is 19.2. The number of carboxylic acid groups (broad SMARTS) is 1. The number of nitrogens with zero attached hydrogens (tertiary/aromatic N) is 7. The van der Waals surface area contributed by atoms with Crippen molar-refractivity contribution in [3.8, 4) is 11.4 Å². The number of aromatic nitrogens is 4. The van der Waals surface area contributed by atoms with Gasteiger partial charge < -0.3 is 20.8 Å². The van der Waals surface area contributed by atoms with Crippen molar-refractivity contribution in [1.29, 1.82) is 0 Å². The molecule has 0 radical (unpaired) electrons. The number of hydrogen-bond acceptors (Lipinski definition) is 13. The number of thiazole rings is 1. The first-order valence-corrected chi connectivity index (χ1v) is 14.4. The number of halogens is 1. The minimum absolute atomic E-state index is 0. The van der Waals surface area contributed by atoms with E-state index in [-0.39, 0.29) is 63.4 Å². The second-order valence-electron chi connectivity index (χ2n) is 8.38. The maximum absolute atomic E-state index is 13.3. The van der Waals surface area contributed by atoms with Crippen molar-refractivity contribution in [2.75, 3.05) is 24.3 Å². The Morgan fingerprint density at radius 1 is 1.34 bits per heavy atom. The van der Waals surface area contributed by atoms with Crippen molar-refractivity contribution < 1.29 is 58.6 Å². The van der Waals surface area contributed by atoms with Crippen molar-refractivity contribution >= 4 is 63.5 Å². The Morgan fingerprint density at radius 2 is 2.07 bits per heavy atom. The predicted molar refractivity (Wildman–Crippen MR) is 146 cm³/mol. The SMILES string of the molecule is CO/N=C(\C([O-])=N[C@@H]1C(=O)N2C(C(=O)O)=C(CSc3nc(-c4ccc(F)cc4)nn3C)CS[C@H]12)c1csc(N)n1.[Na+]. The second kappa shape index (κ2) is 12.9. The molecule has 4 heterocycles. The minimum Gasteiger partial charge on any atom is -0.857 e. The number of aliphatic carboxylic acids is 1. The van der Waals surface area contributed by atoms with E-state index in [1.807, 2.05) is 0 Å². The molecule has 41 heavy (non-hydrogen) atoms. The molecule has 1 fully saturated rings. The van der Waals surface area contributed by atoms with E-state index in [9.17, 15) is 24.2 Å². The predicted octanol–water partition coefficient (Wildman–Crippen LogP) is -1.81. The van der Waals surface area contributed by atoms with Crippen LogP contribution >= 0.6 is 34.9 Å². The zero-order chi connectivity index (χ0) is 28.6. The van der Waals surface area contributed by atoms with Crippen molar-refractivity contribution in [2.45, 2.75) is 16.6 Å². The summed E-state index contributed by atoms with van der Waals surface area (Å²) in [5.74, 6) is -2.14. The van der Waals surface area contributed by atoms with Gasteiger partial charge in [0.25, 0.3) is 5.91 Å². The standard InChI is InChI=1S/C23H21FN8O5S3.Na/c1-31-23(28-17(29-31)10-3-5-12(24)6-4-10)40-8-11-7-38-20-15(19(34)32(20)16(11)21(35)36)27-18(33)14(30-37-2)13-9-39-22(25)26-13;/h3-6,9,15,20H,7-8H2,1-2H3,(H2,25,26)(H,27,33)(H,35,36);/q;+1/p-1/b30-14-;/t15-,20-;/m1./s1. The number of amides is 1. The van der Waals surface area contributed by atoms with Crippen LogP contribution in [0.25, 0.3) is 11.4 Å². The van der Waals surface area contributed by atoms with Gasteiger partial charge in [-0.25, -0.2) is 23.8 Å². The first kappa shape index (κ1) is 31.0. The number of anilines is 1. The first-order valence-electron chi connectivity index (χ1n) is 11.5. The molecule has 208 valence electrons. The van der Waals surface area contributed by atoms with Crippen LogP contribution in [0.2, 0.25) is 0 Å². The fourth-order valence-corrected chi connectivity index (χ4v) is 6.93. The maximum Gasteiger partial charge on any atom is 1.00 e. The molecular formula is C23H20FN8NaO5S3. The van der Waals surface area contributed by atoms with Crippen LogP contribution < -0.4 is 40.4 Å². The van der Waals surface area contributed by atoms with Gasteiger partial charge in [-0.3, -0.25) is 14.7 Å². The molecule has 0 aliphatic carbocycles. The number of oxime groups is 1. The van der Waals surface area contributed by atoms with Gasteiger partial charge in [0.15, 0.2) is 22.2 Å². The van der Waals surface area contributed by atoms with Gasteiger partial charge in [0.05, 0.1) is 0 Å². The van der Waals surface area contributed by atoms with E-state index in [4.69, 9.17) is 10.6 Å². The number of thioether (sulfide) groups is 2. The van der Waals surface area contributed by atoms with E-state index in [1.165, 1.54) is 48.1 Å². The number of carbonyl (C=O) groups excluding carboxylic acids is 1. The van der Waals surface area contributed by atoms with Crippen LogP contribution in [0.1, 0.15) is 5.69 Å². The van der Waals surface area contributed by atoms with Crippen LogP contribution in [0.4, 0.5) is 9.52 Å². The van der Waals surface area contributed by atoms with E-state index >= 15 is 0 Å². The number of β-lactam (4-membered cyclic amide) rings is 1. The number of nitrogen functional groups attached to an aromatic ring is 1. The van der Waals surface area contributed by atoms with E-state index in [2.05, 4.69) is 25.2 Å². The van der Waals surface area contributed by atoms with Crippen LogP contribution in [-0.2, 0) is 21.5 Å². The summed E-state index contributed by atoms with van der Waals surface area (Å²) in [7, 11) is 2.95. The molecule has 0 unspecified atom stereocenters. The summed E-state index contributed by atoms with van der Waals surface area (Å²) in [5.41, 5.74) is 6.61. The van der Waals surface area contributed by atoms with Crippen molar-refractivity contribution in [3.63, 3.8) is 0 Å². The fourth-order valence-electron chi connectivity index (χ4n) is 4.00. The van der Waals surface area contributed by atoms with E-state index in [0.29, 0.717) is 27.9 Å². The van der Waals surface area contributed by atoms with Crippen LogP contribution in [0.15, 0.2) is 56.2 Å². The van der Waals surface area contributed by atoms with E-state index in [1.54, 1.807) is 23.9 Å². The van der Waals surface area contributed by atoms with Crippen molar-refractivity contribution in [3.05, 3.63) is 52.4 Å². The summed E-state index contributed by atoms with van der Waals surface area (Å²) in [4.78, 5) is 43.6. The molecule has 3 N–H and O–H groups in total. The molecule has 0 spiro atoms. The Kier molecular flexibility index (Phi) is 9.76. The normalized spacial score (nSPS) is 19.0. The molecule has 0 saturated carbocycles. The number of benzene rings is 1. The average molecular weight is 627 g/mol. The van der Waals surface area contributed by atoms with Gasteiger partial charge in [-0.15, -0.1) is 23.1 Å². The Morgan fingerprint density at radius 3 is 2.71 bits per heavy atom. The summed E-state index contributed by atoms with van der Waals surface area (Å²) in [6.45, 7) is 0. The number of rotatable bonds is 9. The molecule has 1 amide bonds. The van der Waals surface area contributed by atoms with Crippen LogP contribution in [0, 0.1) is 5.82 Å². The molecule has 2 aliphatic heterocycles. The van der Waals surface area contributed by atoms with Crippen LogP contribution in [0.3, 0.4) is 0 Å².